The summed E-state index contributed by atoms with van der Waals surface area (Å²) in [6.45, 7) is 5.88. The Bertz CT molecular complexity index is 1190. The standard InChI is InChI=1S/C24H28FN5O3S/c1-3-33-19-7-5-18(6-8-19)23-26-27-24(34)30(23)16-22(31)29-12-10-28(11-13-29)15-17-4-9-21(32-2)20(25)14-17/h4-9,14H,3,10-13,15-16H2,1-2H3,(H,27,34). The number of benzene rings is 2. The molecule has 1 fully saturated rings. The molecule has 4 rings (SSSR count). The minimum atomic E-state index is -0.367. The van der Waals surface area contributed by atoms with Crippen molar-refractivity contribution in [3.8, 4) is 22.9 Å². The average Bonchev–Trinajstić information content (AvgIpc) is 3.20. The normalized spacial score (nSPS) is 14.3. The maximum absolute atomic E-state index is 14.0. The van der Waals surface area contributed by atoms with Crippen molar-refractivity contribution < 1.29 is 18.7 Å². The third-order valence-electron chi connectivity index (χ3n) is 5.82. The van der Waals surface area contributed by atoms with Crippen molar-refractivity contribution >= 4 is 18.1 Å². The van der Waals surface area contributed by atoms with Gasteiger partial charge in [-0.1, -0.05) is 6.07 Å². The minimum Gasteiger partial charge on any atom is -0.494 e. The first-order chi connectivity index (χ1) is 16.5. The summed E-state index contributed by atoms with van der Waals surface area (Å²) >= 11 is 5.38. The van der Waals surface area contributed by atoms with Crippen molar-refractivity contribution in [3.63, 3.8) is 0 Å². The lowest BCUT2D eigenvalue weighted by atomic mass is 10.1. The Morgan fingerprint density at radius 2 is 1.88 bits per heavy atom. The Morgan fingerprint density at radius 1 is 1.15 bits per heavy atom. The highest BCUT2D eigenvalue weighted by molar-refractivity contribution is 7.71. The van der Waals surface area contributed by atoms with E-state index in [1.807, 2.05) is 42.2 Å². The number of ether oxygens (including phenoxy) is 2. The molecule has 0 bridgehead atoms. The van der Waals surface area contributed by atoms with E-state index in [9.17, 15) is 9.18 Å². The largest absolute Gasteiger partial charge is 0.494 e. The van der Waals surface area contributed by atoms with Crippen LogP contribution in [0.4, 0.5) is 4.39 Å². The average molecular weight is 486 g/mol. The van der Waals surface area contributed by atoms with Gasteiger partial charge in [-0.2, -0.15) is 5.10 Å². The summed E-state index contributed by atoms with van der Waals surface area (Å²) in [5.41, 5.74) is 1.72. The molecule has 1 saturated heterocycles. The number of hydrogen-bond donors (Lipinski definition) is 1. The molecule has 0 radical (unpaired) electrons. The van der Waals surface area contributed by atoms with E-state index >= 15 is 0 Å². The molecule has 8 nitrogen and oxygen atoms in total. The molecule has 180 valence electrons. The van der Waals surface area contributed by atoms with Crippen molar-refractivity contribution in [1.29, 1.82) is 0 Å². The molecule has 0 aliphatic carbocycles. The van der Waals surface area contributed by atoms with Crippen LogP contribution in [0, 0.1) is 10.6 Å². The van der Waals surface area contributed by atoms with Gasteiger partial charge >= 0.3 is 0 Å². The molecule has 0 unspecified atom stereocenters. The lowest BCUT2D eigenvalue weighted by molar-refractivity contribution is -0.133. The zero-order valence-corrected chi connectivity index (χ0v) is 20.1. The summed E-state index contributed by atoms with van der Waals surface area (Å²) in [4.78, 5) is 17.1. The maximum Gasteiger partial charge on any atom is 0.242 e. The molecule has 1 N–H and O–H groups in total. The third-order valence-corrected chi connectivity index (χ3v) is 6.13. The molecular weight excluding hydrogens is 457 g/mol. The summed E-state index contributed by atoms with van der Waals surface area (Å²) in [6, 6.07) is 12.5. The van der Waals surface area contributed by atoms with Crippen LogP contribution in [0.1, 0.15) is 12.5 Å². The highest BCUT2D eigenvalue weighted by Gasteiger charge is 2.23. The zero-order chi connectivity index (χ0) is 24.1. The molecule has 2 heterocycles. The van der Waals surface area contributed by atoms with Gasteiger partial charge in [0.15, 0.2) is 22.2 Å². The van der Waals surface area contributed by atoms with Crippen LogP contribution in [-0.4, -0.2) is 70.4 Å². The van der Waals surface area contributed by atoms with E-state index in [0.29, 0.717) is 49.9 Å². The fraction of sp³-hybridized carbons (Fsp3) is 0.375. The topological polar surface area (TPSA) is 75.6 Å². The molecule has 0 spiro atoms. The van der Waals surface area contributed by atoms with Crippen LogP contribution in [0.15, 0.2) is 42.5 Å². The number of rotatable bonds is 8. The quantitative estimate of drug-likeness (QED) is 0.493. The number of carbonyl (C=O) groups excluding carboxylic acids is 1. The number of H-pyrrole nitrogens is 1. The number of nitrogens with one attached hydrogen (secondary N) is 1. The lowest BCUT2D eigenvalue weighted by Gasteiger charge is -2.35. The smallest absolute Gasteiger partial charge is 0.242 e. The molecule has 2 aromatic carbocycles. The Morgan fingerprint density at radius 3 is 2.53 bits per heavy atom. The molecule has 10 heteroatoms. The predicted octanol–water partition coefficient (Wildman–Crippen LogP) is 3.50. The maximum atomic E-state index is 14.0. The van der Waals surface area contributed by atoms with Gasteiger partial charge in [0.2, 0.25) is 5.91 Å². The van der Waals surface area contributed by atoms with Crippen molar-refractivity contribution in [1.82, 2.24) is 24.6 Å². The number of aromatic nitrogens is 3. The van der Waals surface area contributed by atoms with E-state index in [2.05, 4.69) is 15.1 Å². The van der Waals surface area contributed by atoms with Gasteiger partial charge in [0.05, 0.1) is 13.7 Å². The first-order valence-corrected chi connectivity index (χ1v) is 11.6. The van der Waals surface area contributed by atoms with Gasteiger partial charge in [-0.15, -0.1) is 0 Å². The van der Waals surface area contributed by atoms with Crippen molar-refractivity contribution in [2.24, 2.45) is 0 Å². The number of nitrogens with zero attached hydrogens (tertiary/aromatic N) is 4. The van der Waals surface area contributed by atoms with E-state index in [-0.39, 0.29) is 24.0 Å². The second-order valence-corrected chi connectivity index (χ2v) is 8.41. The van der Waals surface area contributed by atoms with Gasteiger partial charge in [-0.25, -0.2) is 4.39 Å². The van der Waals surface area contributed by atoms with Crippen LogP contribution in [-0.2, 0) is 17.9 Å². The summed E-state index contributed by atoms with van der Waals surface area (Å²) in [7, 11) is 1.45. The van der Waals surface area contributed by atoms with Crippen molar-refractivity contribution in [2.75, 3.05) is 39.9 Å². The molecule has 0 atom stereocenters. The van der Waals surface area contributed by atoms with Crippen LogP contribution >= 0.6 is 12.2 Å². The van der Waals surface area contributed by atoms with E-state index in [1.54, 1.807) is 10.6 Å². The van der Waals surface area contributed by atoms with Crippen LogP contribution in [0.25, 0.3) is 11.4 Å². The number of piperazine rings is 1. The van der Waals surface area contributed by atoms with Gasteiger partial charge < -0.3 is 14.4 Å². The summed E-state index contributed by atoms with van der Waals surface area (Å²) in [5.74, 6) is 1.25. The number of hydrogen-bond acceptors (Lipinski definition) is 6. The lowest BCUT2D eigenvalue weighted by Crippen LogP contribution is -2.49. The predicted molar refractivity (Wildman–Crippen MR) is 129 cm³/mol. The fourth-order valence-corrected chi connectivity index (χ4v) is 4.21. The van der Waals surface area contributed by atoms with Crippen molar-refractivity contribution in [2.45, 2.75) is 20.0 Å². The summed E-state index contributed by atoms with van der Waals surface area (Å²) in [6.07, 6.45) is 0. The molecule has 1 aliphatic rings. The first kappa shape index (κ1) is 23.9. The SMILES string of the molecule is CCOc1ccc(-c2n[nH]c(=S)n2CC(=O)N2CCN(Cc3ccc(OC)c(F)c3)CC2)cc1. The van der Waals surface area contributed by atoms with Gasteiger partial charge in [0.1, 0.15) is 12.3 Å². The number of halogens is 1. The molecular formula is C24H28FN5O3S. The minimum absolute atomic E-state index is 0.0140. The first-order valence-electron chi connectivity index (χ1n) is 11.2. The van der Waals surface area contributed by atoms with Crippen molar-refractivity contribution in [3.05, 3.63) is 58.6 Å². The van der Waals surface area contributed by atoms with Gasteiger partial charge in [0.25, 0.3) is 0 Å². The Kier molecular flexibility index (Phi) is 7.59. The summed E-state index contributed by atoms with van der Waals surface area (Å²) in [5, 5.41) is 7.12. The molecule has 1 aromatic heterocycles. The molecule has 1 amide bonds. The zero-order valence-electron chi connectivity index (χ0n) is 19.3. The number of carbonyl (C=O) groups is 1. The molecule has 3 aromatic rings. The van der Waals surface area contributed by atoms with E-state index in [1.165, 1.54) is 13.2 Å². The van der Waals surface area contributed by atoms with Crippen LogP contribution in [0.2, 0.25) is 0 Å². The fourth-order valence-electron chi connectivity index (χ4n) is 4.01. The van der Waals surface area contributed by atoms with E-state index < -0.39 is 0 Å². The van der Waals surface area contributed by atoms with Gasteiger partial charge in [-0.05, 0) is 61.1 Å². The molecule has 34 heavy (non-hydrogen) atoms. The van der Waals surface area contributed by atoms with Crippen LogP contribution in [0.5, 0.6) is 11.5 Å². The molecule has 1 aliphatic heterocycles. The highest BCUT2D eigenvalue weighted by atomic mass is 32.1. The number of amides is 1. The summed E-state index contributed by atoms with van der Waals surface area (Å²) < 4.78 is 26.6. The Labute approximate surface area is 202 Å². The van der Waals surface area contributed by atoms with Crippen LogP contribution in [0.3, 0.4) is 0 Å². The second-order valence-electron chi connectivity index (χ2n) is 8.02. The second kappa shape index (κ2) is 10.8. The van der Waals surface area contributed by atoms with E-state index in [0.717, 1.165) is 16.9 Å². The van der Waals surface area contributed by atoms with Gasteiger partial charge in [-0.3, -0.25) is 19.4 Å². The number of aromatic amines is 1. The Hall–Kier alpha value is -3.24. The molecule has 0 saturated carbocycles. The van der Waals surface area contributed by atoms with Crippen LogP contribution < -0.4 is 9.47 Å². The Balaban J connectivity index is 1.36. The monoisotopic (exact) mass is 485 g/mol. The van der Waals surface area contributed by atoms with Gasteiger partial charge in [0, 0.05) is 38.3 Å². The highest BCUT2D eigenvalue weighted by Crippen LogP contribution is 2.22. The number of methoxy groups -OCH3 is 1. The van der Waals surface area contributed by atoms with E-state index in [4.69, 9.17) is 21.7 Å². The third kappa shape index (κ3) is 5.45.